The molecule has 0 radical (unpaired) electrons. The predicted molar refractivity (Wildman–Crippen MR) is 96.1 cm³/mol. The molecule has 0 spiro atoms. The Morgan fingerprint density at radius 3 is 2.69 bits per heavy atom. The van der Waals surface area contributed by atoms with Gasteiger partial charge in [0.15, 0.2) is 12.4 Å². The maximum atomic E-state index is 11.9. The average Bonchev–Trinajstić information content (AvgIpc) is 3.20. The Hall–Kier alpha value is -3.16. The first-order valence-electron chi connectivity index (χ1n) is 8.46. The summed E-state index contributed by atoms with van der Waals surface area (Å²) in [6.07, 6.45) is 4.13. The van der Waals surface area contributed by atoms with E-state index in [9.17, 15) is 14.9 Å². The van der Waals surface area contributed by atoms with E-state index in [2.05, 4.69) is 15.2 Å². The fourth-order valence-corrected chi connectivity index (χ4v) is 2.78. The first-order chi connectivity index (χ1) is 12.6. The van der Waals surface area contributed by atoms with Crippen LogP contribution >= 0.6 is 0 Å². The number of hydrogen-bond acceptors (Lipinski definition) is 6. The lowest BCUT2D eigenvalue weighted by Gasteiger charge is -2.16. The zero-order valence-electron chi connectivity index (χ0n) is 14.3. The van der Waals surface area contributed by atoms with Crippen LogP contribution in [-0.4, -0.2) is 35.5 Å². The number of ether oxygens (including phenoxy) is 1. The topological polar surface area (TPSA) is 97.6 Å². The number of carbonyl (C=O) groups excluding carboxylic acids is 1. The summed E-state index contributed by atoms with van der Waals surface area (Å²) in [5, 5.41) is 13.6. The van der Waals surface area contributed by atoms with Crippen LogP contribution in [0.4, 0.5) is 11.5 Å². The summed E-state index contributed by atoms with van der Waals surface area (Å²) >= 11 is 0. The van der Waals surface area contributed by atoms with Crippen molar-refractivity contribution in [1.82, 2.24) is 10.3 Å². The van der Waals surface area contributed by atoms with Gasteiger partial charge in [0.05, 0.1) is 4.92 Å². The van der Waals surface area contributed by atoms with Crippen molar-refractivity contribution in [2.24, 2.45) is 0 Å². The summed E-state index contributed by atoms with van der Waals surface area (Å²) in [7, 11) is 0. The molecule has 2 aromatic rings. The highest BCUT2D eigenvalue weighted by molar-refractivity contribution is 5.77. The number of nitro benzene ring substituents is 1. The Morgan fingerprint density at radius 2 is 2.00 bits per heavy atom. The molecule has 1 aromatic carbocycles. The third-order valence-electron chi connectivity index (χ3n) is 4.15. The van der Waals surface area contributed by atoms with Gasteiger partial charge in [-0.1, -0.05) is 18.2 Å². The van der Waals surface area contributed by atoms with Gasteiger partial charge in [0.25, 0.3) is 5.91 Å². The fraction of sp³-hybridized carbons (Fsp3) is 0.333. The number of nitrogens with one attached hydrogen (secondary N) is 1. The summed E-state index contributed by atoms with van der Waals surface area (Å²) in [6.45, 7) is 2.11. The van der Waals surface area contributed by atoms with Gasteiger partial charge in [-0.25, -0.2) is 4.98 Å². The molecule has 1 N–H and O–H groups in total. The molecule has 1 saturated heterocycles. The van der Waals surface area contributed by atoms with E-state index in [-0.39, 0.29) is 24.0 Å². The van der Waals surface area contributed by atoms with Crippen LogP contribution in [0.15, 0.2) is 42.6 Å². The minimum atomic E-state index is -0.541. The number of nitrogens with zero attached hydrogens (tertiary/aromatic N) is 3. The zero-order chi connectivity index (χ0) is 18.4. The van der Waals surface area contributed by atoms with E-state index in [1.54, 1.807) is 18.3 Å². The highest BCUT2D eigenvalue weighted by atomic mass is 16.6. The zero-order valence-corrected chi connectivity index (χ0v) is 14.3. The van der Waals surface area contributed by atoms with E-state index in [0.717, 1.165) is 24.5 Å². The molecule has 0 bridgehead atoms. The van der Waals surface area contributed by atoms with Crippen molar-refractivity contribution in [2.75, 3.05) is 24.6 Å². The number of amides is 1. The molecule has 26 heavy (non-hydrogen) atoms. The number of anilines is 1. The van der Waals surface area contributed by atoms with Gasteiger partial charge < -0.3 is 15.0 Å². The normalized spacial score (nSPS) is 13.5. The minimum absolute atomic E-state index is 0.0734. The highest BCUT2D eigenvalue weighted by Gasteiger charge is 2.15. The molecule has 8 nitrogen and oxygen atoms in total. The Bertz CT molecular complexity index is 773. The van der Waals surface area contributed by atoms with Gasteiger partial charge in [0, 0.05) is 31.9 Å². The Morgan fingerprint density at radius 1 is 1.23 bits per heavy atom. The second kappa shape index (κ2) is 8.28. The van der Waals surface area contributed by atoms with E-state index < -0.39 is 4.92 Å². The van der Waals surface area contributed by atoms with Gasteiger partial charge in [-0.2, -0.15) is 0 Å². The van der Waals surface area contributed by atoms with Gasteiger partial charge in [-0.15, -0.1) is 0 Å². The molecule has 0 saturated carbocycles. The summed E-state index contributed by atoms with van der Waals surface area (Å²) in [6, 6.07) is 9.85. The molecule has 1 aliphatic heterocycles. The molecule has 1 amide bonds. The molecule has 0 aliphatic carbocycles. The maximum Gasteiger partial charge on any atom is 0.310 e. The highest BCUT2D eigenvalue weighted by Crippen LogP contribution is 2.25. The van der Waals surface area contributed by atoms with E-state index in [1.807, 2.05) is 12.1 Å². The summed E-state index contributed by atoms with van der Waals surface area (Å²) in [5.41, 5.74) is 0.717. The van der Waals surface area contributed by atoms with E-state index in [4.69, 9.17) is 4.74 Å². The summed E-state index contributed by atoms with van der Waals surface area (Å²) in [5.74, 6) is 0.674. The molecular formula is C18H20N4O4. The quantitative estimate of drug-likeness (QED) is 0.604. The predicted octanol–water partition coefficient (Wildman–Crippen LogP) is 2.29. The molecule has 3 rings (SSSR count). The number of pyridine rings is 1. The summed E-state index contributed by atoms with van der Waals surface area (Å²) < 4.78 is 5.26. The second-order valence-electron chi connectivity index (χ2n) is 6.01. The largest absolute Gasteiger partial charge is 0.477 e. The van der Waals surface area contributed by atoms with Gasteiger partial charge in [-0.3, -0.25) is 14.9 Å². The van der Waals surface area contributed by atoms with Gasteiger partial charge in [0.1, 0.15) is 5.82 Å². The van der Waals surface area contributed by atoms with Crippen LogP contribution in [0.1, 0.15) is 18.4 Å². The van der Waals surface area contributed by atoms with Gasteiger partial charge in [-0.05, 0) is 30.5 Å². The van der Waals surface area contributed by atoms with E-state index >= 15 is 0 Å². The lowest BCUT2D eigenvalue weighted by atomic mass is 10.2. The van der Waals surface area contributed by atoms with Crippen molar-refractivity contribution in [3.63, 3.8) is 0 Å². The van der Waals surface area contributed by atoms with Crippen LogP contribution in [0.5, 0.6) is 5.75 Å². The monoisotopic (exact) mass is 356 g/mol. The molecule has 8 heteroatoms. The van der Waals surface area contributed by atoms with Crippen molar-refractivity contribution in [2.45, 2.75) is 19.4 Å². The number of carbonyl (C=O) groups is 1. The van der Waals surface area contributed by atoms with Crippen LogP contribution in [-0.2, 0) is 11.3 Å². The molecular weight excluding hydrogens is 336 g/mol. The Kier molecular flexibility index (Phi) is 5.62. The molecule has 0 unspecified atom stereocenters. The smallest absolute Gasteiger partial charge is 0.310 e. The molecule has 1 aromatic heterocycles. The van der Waals surface area contributed by atoms with Crippen LogP contribution < -0.4 is 15.0 Å². The van der Waals surface area contributed by atoms with Crippen molar-refractivity contribution in [3.05, 3.63) is 58.3 Å². The Balaban J connectivity index is 1.47. The van der Waals surface area contributed by atoms with Gasteiger partial charge >= 0.3 is 5.69 Å². The number of hydrogen-bond donors (Lipinski definition) is 1. The summed E-state index contributed by atoms with van der Waals surface area (Å²) in [4.78, 5) is 29.0. The fourth-order valence-electron chi connectivity index (χ4n) is 2.78. The molecule has 136 valence electrons. The van der Waals surface area contributed by atoms with Crippen LogP contribution in [0.2, 0.25) is 0 Å². The minimum Gasteiger partial charge on any atom is -0.477 e. The van der Waals surface area contributed by atoms with Crippen LogP contribution in [0.3, 0.4) is 0 Å². The first kappa shape index (κ1) is 17.7. The molecule has 1 aliphatic rings. The SMILES string of the molecule is O=C(COc1ccccc1[N+](=O)[O-])NCc1ccc(N2CCCC2)nc1. The molecule has 0 atom stereocenters. The third kappa shape index (κ3) is 4.47. The number of benzene rings is 1. The number of nitro groups is 1. The van der Waals surface area contributed by atoms with Gasteiger partial charge in [0.2, 0.25) is 0 Å². The molecule has 2 heterocycles. The lowest BCUT2D eigenvalue weighted by molar-refractivity contribution is -0.385. The molecule has 1 fully saturated rings. The Labute approximate surface area is 150 Å². The number of para-hydroxylation sites is 2. The standard InChI is InChI=1S/C18H20N4O4/c23-18(13-26-16-6-2-1-5-15(16)22(24)25)20-12-14-7-8-17(19-11-14)21-9-3-4-10-21/h1-2,5-8,11H,3-4,9-10,12-13H2,(H,20,23). The van der Waals surface area contributed by atoms with E-state index in [1.165, 1.54) is 25.0 Å². The van der Waals surface area contributed by atoms with E-state index in [0.29, 0.717) is 6.54 Å². The van der Waals surface area contributed by atoms with Crippen molar-refractivity contribution >= 4 is 17.4 Å². The first-order valence-corrected chi connectivity index (χ1v) is 8.46. The average molecular weight is 356 g/mol. The van der Waals surface area contributed by atoms with Crippen molar-refractivity contribution < 1.29 is 14.5 Å². The van der Waals surface area contributed by atoms with Crippen molar-refractivity contribution in [3.8, 4) is 5.75 Å². The number of rotatable bonds is 7. The second-order valence-corrected chi connectivity index (χ2v) is 6.01. The van der Waals surface area contributed by atoms with Crippen LogP contribution in [0.25, 0.3) is 0 Å². The van der Waals surface area contributed by atoms with Crippen LogP contribution in [0, 0.1) is 10.1 Å². The lowest BCUT2D eigenvalue weighted by Crippen LogP contribution is -2.28. The van der Waals surface area contributed by atoms with Crippen molar-refractivity contribution in [1.29, 1.82) is 0 Å². The number of aromatic nitrogens is 1. The maximum absolute atomic E-state index is 11.9. The third-order valence-corrected chi connectivity index (χ3v) is 4.15.